The standard InChI is InChI=1S/C20H19NO4/c1-22-14-7-8-15(23-2)18-12-9-11-5-6-16(24-3)20(25-4)17(11)19(12)21-10-13(14)18/h5-8,10H,9H2,1-4H3. The lowest BCUT2D eigenvalue weighted by molar-refractivity contribution is 0.356. The van der Waals surface area contributed by atoms with E-state index in [1.54, 1.807) is 28.4 Å². The van der Waals surface area contributed by atoms with E-state index in [0.29, 0.717) is 11.5 Å². The first kappa shape index (κ1) is 15.6. The van der Waals surface area contributed by atoms with Crippen molar-refractivity contribution in [3.8, 4) is 34.3 Å². The molecule has 3 aromatic rings. The highest BCUT2D eigenvalue weighted by Crippen LogP contribution is 2.49. The van der Waals surface area contributed by atoms with Crippen molar-refractivity contribution in [2.24, 2.45) is 0 Å². The summed E-state index contributed by atoms with van der Waals surface area (Å²) in [6, 6.07) is 7.84. The second kappa shape index (κ2) is 5.84. The zero-order valence-electron chi connectivity index (χ0n) is 14.7. The molecular formula is C20H19NO4. The minimum atomic E-state index is 0.702. The zero-order chi connectivity index (χ0) is 17.6. The van der Waals surface area contributed by atoms with Gasteiger partial charge in [0.25, 0.3) is 0 Å². The molecule has 0 amide bonds. The van der Waals surface area contributed by atoms with E-state index in [1.807, 2.05) is 24.4 Å². The van der Waals surface area contributed by atoms with Crippen LogP contribution in [0.1, 0.15) is 11.1 Å². The maximum Gasteiger partial charge on any atom is 0.170 e. The predicted octanol–water partition coefficient (Wildman–Crippen LogP) is 3.84. The molecule has 1 aromatic heterocycles. The van der Waals surface area contributed by atoms with Crippen LogP contribution in [0.4, 0.5) is 0 Å². The summed E-state index contributed by atoms with van der Waals surface area (Å²) in [5.41, 5.74) is 4.18. The van der Waals surface area contributed by atoms with Crippen LogP contribution in [0.3, 0.4) is 0 Å². The molecule has 0 aliphatic heterocycles. The number of benzene rings is 2. The average molecular weight is 337 g/mol. The number of methoxy groups -OCH3 is 4. The maximum atomic E-state index is 5.63. The largest absolute Gasteiger partial charge is 0.496 e. The molecule has 1 aliphatic carbocycles. The molecule has 1 aliphatic rings. The van der Waals surface area contributed by atoms with Gasteiger partial charge in [-0.3, -0.25) is 4.98 Å². The number of hydrogen-bond acceptors (Lipinski definition) is 5. The van der Waals surface area contributed by atoms with Crippen molar-refractivity contribution in [1.29, 1.82) is 0 Å². The van der Waals surface area contributed by atoms with E-state index in [0.717, 1.165) is 51.1 Å². The highest BCUT2D eigenvalue weighted by atomic mass is 16.5. The summed E-state index contributed by atoms with van der Waals surface area (Å²) in [7, 11) is 6.64. The summed E-state index contributed by atoms with van der Waals surface area (Å²) < 4.78 is 22.2. The highest BCUT2D eigenvalue weighted by molar-refractivity contribution is 6.01. The molecule has 0 atom stereocenters. The van der Waals surface area contributed by atoms with Crippen LogP contribution in [0.25, 0.3) is 22.0 Å². The van der Waals surface area contributed by atoms with Gasteiger partial charge in [-0.2, -0.15) is 0 Å². The third-order valence-corrected chi connectivity index (χ3v) is 4.75. The summed E-state index contributed by atoms with van der Waals surface area (Å²) in [4.78, 5) is 4.73. The fraction of sp³-hybridized carbons (Fsp3) is 0.250. The first-order chi connectivity index (χ1) is 12.2. The average Bonchev–Trinajstić information content (AvgIpc) is 3.04. The SMILES string of the molecule is COc1ccc2c(c1OC)-c1ncc3c(OC)ccc(OC)c3c1C2. The number of aromatic nitrogens is 1. The van der Waals surface area contributed by atoms with Crippen molar-refractivity contribution in [2.75, 3.05) is 28.4 Å². The molecule has 1 heterocycles. The number of ether oxygens (including phenoxy) is 4. The number of hydrogen-bond donors (Lipinski definition) is 0. The minimum absolute atomic E-state index is 0.702. The van der Waals surface area contributed by atoms with Gasteiger partial charge in [-0.1, -0.05) is 6.07 Å². The van der Waals surface area contributed by atoms with Crippen LogP contribution in [0, 0.1) is 0 Å². The van der Waals surface area contributed by atoms with E-state index in [4.69, 9.17) is 23.9 Å². The Hall–Kier alpha value is -2.95. The molecule has 0 spiro atoms. The molecule has 0 radical (unpaired) electrons. The maximum absolute atomic E-state index is 5.63. The molecule has 0 saturated carbocycles. The second-order valence-electron chi connectivity index (χ2n) is 5.86. The van der Waals surface area contributed by atoms with Gasteiger partial charge in [0.1, 0.15) is 11.5 Å². The van der Waals surface area contributed by atoms with Gasteiger partial charge in [0.05, 0.1) is 34.1 Å². The summed E-state index contributed by atoms with van der Waals surface area (Å²) in [5.74, 6) is 3.01. The molecule has 128 valence electrons. The Labute approximate surface area is 146 Å². The normalized spacial score (nSPS) is 11.8. The first-order valence-electron chi connectivity index (χ1n) is 8.00. The highest BCUT2D eigenvalue weighted by Gasteiger charge is 2.29. The van der Waals surface area contributed by atoms with E-state index in [9.17, 15) is 0 Å². The van der Waals surface area contributed by atoms with E-state index in [2.05, 4.69) is 6.07 Å². The molecule has 25 heavy (non-hydrogen) atoms. The van der Waals surface area contributed by atoms with Gasteiger partial charge in [0.15, 0.2) is 11.5 Å². The van der Waals surface area contributed by atoms with Crippen molar-refractivity contribution in [1.82, 2.24) is 4.98 Å². The number of rotatable bonds is 4. The van der Waals surface area contributed by atoms with E-state index < -0.39 is 0 Å². The predicted molar refractivity (Wildman–Crippen MR) is 96.2 cm³/mol. The van der Waals surface area contributed by atoms with Gasteiger partial charge >= 0.3 is 0 Å². The first-order valence-corrected chi connectivity index (χ1v) is 8.00. The lowest BCUT2D eigenvalue weighted by atomic mass is 10.0. The third kappa shape index (κ3) is 2.12. The van der Waals surface area contributed by atoms with Gasteiger partial charge in [-0.05, 0) is 29.3 Å². The van der Waals surface area contributed by atoms with Crippen LogP contribution in [0.15, 0.2) is 30.5 Å². The Morgan fingerprint density at radius 3 is 2.16 bits per heavy atom. The topological polar surface area (TPSA) is 49.8 Å². The molecule has 0 unspecified atom stereocenters. The quantitative estimate of drug-likeness (QED) is 0.566. The minimum Gasteiger partial charge on any atom is -0.496 e. The fourth-order valence-electron chi connectivity index (χ4n) is 3.65. The monoisotopic (exact) mass is 337 g/mol. The van der Waals surface area contributed by atoms with E-state index >= 15 is 0 Å². The lowest BCUT2D eigenvalue weighted by Gasteiger charge is -2.14. The molecule has 2 aromatic carbocycles. The molecule has 0 bridgehead atoms. The van der Waals surface area contributed by atoms with Crippen LogP contribution in [-0.4, -0.2) is 33.4 Å². The molecule has 5 nitrogen and oxygen atoms in total. The van der Waals surface area contributed by atoms with Gasteiger partial charge < -0.3 is 18.9 Å². The van der Waals surface area contributed by atoms with Gasteiger partial charge in [0, 0.05) is 29.0 Å². The number of fused-ring (bicyclic) bond motifs is 5. The zero-order valence-corrected chi connectivity index (χ0v) is 14.7. The molecule has 0 saturated heterocycles. The summed E-state index contributed by atoms with van der Waals surface area (Å²) in [5, 5.41) is 1.98. The van der Waals surface area contributed by atoms with Gasteiger partial charge in [-0.25, -0.2) is 0 Å². The third-order valence-electron chi connectivity index (χ3n) is 4.75. The van der Waals surface area contributed by atoms with Crippen LogP contribution in [0.5, 0.6) is 23.0 Å². The van der Waals surface area contributed by atoms with Crippen molar-refractivity contribution in [2.45, 2.75) is 6.42 Å². The van der Waals surface area contributed by atoms with Gasteiger partial charge in [-0.15, -0.1) is 0 Å². The van der Waals surface area contributed by atoms with Crippen LogP contribution >= 0.6 is 0 Å². The Morgan fingerprint density at radius 1 is 0.800 bits per heavy atom. The van der Waals surface area contributed by atoms with Crippen molar-refractivity contribution < 1.29 is 18.9 Å². The van der Waals surface area contributed by atoms with Crippen LogP contribution in [0.2, 0.25) is 0 Å². The second-order valence-corrected chi connectivity index (χ2v) is 5.86. The summed E-state index contributed by atoms with van der Waals surface area (Å²) in [6.45, 7) is 0. The Balaban J connectivity index is 2.07. The smallest absolute Gasteiger partial charge is 0.170 e. The number of nitrogens with zero attached hydrogens (tertiary/aromatic N) is 1. The summed E-state index contributed by atoms with van der Waals surface area (Å²) in [6.07, 6.45) is 2.60. The molecule has 5 heteroatoms. The van der Waals surface area contributed by atoms with Gasteiger partial charge in [0.2, 0.25) is 0 Å². The van der Waals surface area contributed by atoms with Crippen molar-refractivity contribution in [3.05, 3.63) is 41.6 Å². The van der Waals surface area contributed by atoms with Crippen molar-refractivity contribution in [3.63, 3.8) is 0 Å². The van der Waals surface area contributed by atoms with Crippen molar-refractivity contribution >= 4 is 10.8 Å². The Kier molecular flexibility index (Phi) is 3.64. The fourth-order valence-corrected chi connectivity index (χ4v) is 3.65. The molecular weight excluding hydrogens is 318 g/mol. The Bertz CT molecular complexity index is 981. The molecule has 4 rings (SSSR count). The number of pyridine rings is 1. The van der Waals surface area contributed by atoms with E-state index in [-0.39, 0.29) is 0 Å². The van der Waals surface area contributed by atoms with Crippen LogP contribution < -0.4 is 18.9 Å². The van der Waals surface area contributed by atoms with E-state index in [1.165, 1.54) is 0 Å². The summed E-state index contributed by atoms with van der Waals surface area (Å²) >= 11 is 0. The van der Waals surface area contributed by atoms with Crippen LogP contribution in [-0.2, 0) is 6.42 Å². The Morgan fingerprint density at radius 2 is 1.48 bits per heavy atom. The molecule has 0 N–H and O–H groups in total. The lowest BCUT2D eigenvalue weighted by Crippen LogP contribution is -1.96. The molecule has 0 fully saturated rings.